The quantitative estimate of drug-likeness (QED) is 0.679. The van der Waals surface area contributed by atoms with Crippen molar-refractivity contribution in [3.8, 4) is 0 Å². The number of H-pyrrole nitrogens is 1. The number of aromatic amines is 1. The lowest BCUT2D eigenvalue weighted by Gasteiger charge is -2.33. The molecule has 0 unspecified atom stereocenters. The molecule has 4 heterocycles. The smallest absolute Gasteiger partial charge is 0.253 e. The highest BCUT2D eigenvalue weighted by atomic mass is 16.5. The van der Waals surface area contributed by atoms with E-state index in [1.54, 1.807) is 4.68 Å². The van der Waals surface area contributed by atoms with E-state index in [-0.39, 0.29) is 17.7 Å². The predicted molar refractivity (Wildman–Crippen MR) is 110 cm³/mol. The van der Waals surface area contributed by atoms with E-state index in [2.05, 4.69) is 25.4 Å². The molecule has 0 amide bonds. The van der Waals surface area contributed by atoms with Gasteiger partial charge in [-0.15, -0.1) is 5.10 Å². The van der Waals surface area contributed by atoms with Gasteiger partial charge in [-0.05, 0) is 47.2 Å². The Labute approximate surface area is 174 Å². The van der Waals surface area contributed by atoms with Crippen LogP contribution >= 0.6 is 0 Å². The van der Waals surface area contributed by atoms with Crippen molar-refractivity contribution in [2.24, 2.45) is 0 Å². The van der Waals surface area contributed by atoms with E-state index in [4.69, 9.17) is 9.47 Å². The van der Waals surface area contributed by atoms with E-state index in [1.807, 2.05) is 31.2 Å². The average Bonchev–Trinajstić information content (AvgIpc) is 3.43. The molecular weight excluding hydrogens is 384 g/mol. The number of benzene rings is 1. The van der Waals surface area contributed by atoms with Crippen LogP contribution in [0.1, 0.15) is 35.8 Å². The Morgan fingerprint density at radius 3 is 2.93 bits per heavy atom. The first-order chi connectivity index (χ1) is 14.7. The fraction of sp³-hybridized carbons (Fsp3) is 0.524. The van der Waals surface area contributed by atoms with Gasteiger partial charge in [0.1, 0.15) is 6.04 Å². The molecule has 3 aromatic rings. The number of aryl methyl sites for hydroxylation is 1. The fourth-order valence-electron chi connectivity index (χ4n) is 4.46. The lowest BCUT2D eigenvalue weighted by Crippen LogP contribution is -2.42. The summed E-state index contributed by atoms with van der Waals surface area (Å²) in [7, 11) is 0. The molecule has 0 saturated carbocycles. The number of morpholine rings is 1. The van der Waals surface area contributed by atoms with Gasteiger partial charge in [-0.25, -0.2) is 4.68 Å². The van der Waals surface area contributed by atoms with E-state index in [9.17, 15) is 4.79 Å². The van der Waals surface area contributed by atoms with Crippen LogP contribution in [0.3, 0.4) is 0 Å². The van der Waals surface area contributed by atoms with Crippen LogP contribution in [0.4, 0.5) is 0 Å². The molecule has 0 radical (unpaired) electrons. The molecule has 9 heteroatoms. The third kappa shape index (κ3) is 3.64. The molecule has 2 atom stereocenters. The number of hydrogen-bond donors (Lipinski definition) is 1. The van der Waals surface area contributed by atoms with E-state index >= 15 is 0 Å². The van der Waals surface area contributed by atoms with Crippen LogP contribution in [0.25, 0.3) is 10.9 Å². The summed E-state index contributed by atoms with van der Waals surface area (Å²) in [4.78, 5) is 18.5. The molecular formula is C21H26N6O3. The highest BCUT2D eigenvalue weighted by Gasteiger charge is 2.32. The Morgan fingerprint density at radius 2 is 2.13 bits per heavy atom. The summed E-state index contributed by atoms with van der Waals surface area (Å²) in [6, 6.07) is 7.66. The second kappa shape index (κ2) is 8.25. The summed E-state index contributed by atoms with van der Waals surface area (Å²) in [6.45, 7) is 6.03. The maximum atomic E-state index is 13.2. The molecule has 1 aromatic carbocycles. The number of ether oxygens (including phenoxy) is 2. The monoisotopic (exact) mass is 410 g/mol. The first kappa shape index (κ1) is 19.3. The summed E-state index contributed by atoms with van der Waals surface area (Å²) in [6.07, 6.45) is 2.16. The van der Waals surface area contributed by atoms with Crippen LogP contribution in [-0.4, -0.2) is 69.1 Å². The molecule has 2 saturated heterocycles. The standard InChI is InChI=1S/C21H26N6O3/c1-14-4-2-5-15-12-17(21(28)22-18(14)15)19(26-7-10-29-11-8-26)20-23-24-25-27(20)13-16-6-3-9-30-16/h2,4-5,12,16,19H,3,6-11,13H2,1H3,(H,22,28)/t16-,19+/m0/s1. The molecule has 9 nitrogen and oxygen atoms in total. The average molecular weight is 410 g/mol. The van der Waals surface area contributed by atoms with Crippen LogP contribution in [0.15, 0.2) is 29.1 Å². The summed E-state index contributed by atoms with van der Waals surface area (Å²) < 4.78 is 13.1. The van der Waals surface area contributed by atoms with Gasteiger partial charge in [-0.3, -0.25) is 9.69 Å². The van der Waals surface area contributed by atoms with Gasteiger partial charge in [0, 0.05) is 25.3 Å². The van der Waals surface area contributed by atoms with Gasteiger partial charge in [0.15, 0.2) is 5.82 Å². The van der Waals surface area contributed by atoms with Gasteiger partial charge >= 0.3 is 0 Å². The highest BCUT2D eigenvalue weighted by molar-refractivity contribution is 5.82. The Balaban J connectivity index is 1.60. The lowest BCUT2D eigenvalue weighted by atomic mass is 10.0. The zero-order valence-electron chi connectivity index (χ0n) is 17.1. The number of rotatable bonds is 5. The lowest BCUT2D eigenvalue weighted by molar-refractivity contribution is 0.0205. The van der Waals surface area contributed by atoms with Crippen molar-refractivity contribution in [3.05, 3.63) is 51.6 Å². The molecule has 30 heavy (non-hydrogen) atoms. The van der Waals surface area contributed by atoms with Gasteiger partial charge in [-0.2, -0.15) is 0 Å². The summed E-state index contributed by atoms with van der Waals surface area (Å²) >= 11 is 0. The second-order valence-corrected chi connectivity index (χ2v) is 8.00. The predicted octanol–water partition coefficient (Wildman–Crippen LogP) is 1.42. The van der Waals surface area contributed by atoms with Crippen molar-refractivity contribution in [2.45, 2.75) is 38.5 Å². The molecule has 1 N–H and O–H groups in total. The maximum absolute atomic E-state index is 13.2. The van der Waals surface area contributed by atoms with E-state index < -0.39 is 0 Å². The van der Waals surface area contributed by atoms with Gasteiger partial charge in [0.25, 0.3) is 5.56 Å². The normalized spacial score (nSPS) is 21.3. The molecule has 2 aliphatic rings. The molecule has 158 valence electrons. The summed E-state index contributed by atoms with van der Waals surface area (Å²) in [5.41, 5.74) is 2.45. The molecule has 0 spiro atoms. The Bertz CT molecular complexity index is 1080. The van der Waals surface area contributed by atoms with Crippen molar-refractivity contribution < 1.29 is 9.47 Å². The number of aromatic nitrogens is 5. The number of pyridine rings is 1. The maximum Gasteiger partial charge on any atom is 0.253 e. The van der Waals surface area contributed by atoms with Gasteiger partial charge in [-0.1, -0.05) is 18.2 Å². The first-order valence-corrected chi connectivity index (χ1v) is 10.5. The van der Waals surface area contributed by atoms with Crippen molar-refractivity contribution in [1.82, 2.24) is 30.1 Å². The minimum Gasteiger partial charge on any atom is -0.379 e. The molecule has 0 bridgehead atoms. The molecule has 2 fully saturated rings. The summed E-state index contributed by atoms with van der Waals surface area (Å²) in [5, 5.41) is 13.5. The number of hydrogen-bond acceptors (Lipinski definition) is 7. The SMILES string of the molecule is Cc1cccc2cc([C@H](c3nnnn3C[C@@H]3CCCO3)N3CCOCC3)c(=O)[nH]c12. The Morgan fingerprint density at radius 1 is 1.27 bits per heavy atom. The van der Waals surface area contributed by atoms with E-state index in [1.165, 1.54) is 0 Å². The second-order valence-electron chi connectivity index (χ2n) is 8.00. The largest absolute Gasteiger partial charge is 0.379 e. The van der Waals surface area contributed by atoms with Crippen molar-refractivity contribution >= 4 is 10.9 Å². The van der Waals surface area contributed by atoms with Crippen molar-refractivity contribution in [1.29, 1.82) is 0 Å². The fourth-order valence-corrected chi connectivity index (χ4v) is 4.46. The minimum absolute atomic E-state index is 0.107. The molecule has 2 aliphatic heterocycles. The number of nitrogens with one attached hydrogen (secondary N) is 1. The molecule has 0 aliphatic carbocycles. The third-order valence-electron chi connectivity index (χ3n) is 6.03. The number of fused-ring (bicyclic) bond motifs is 1. The number of tetrazole rings is 1. The molecule has 2 aromatic heterocycles. The van der Waals surface area contributed by atoms with Crippen LogP contribution in [0.5, 0.6) is 0 Å². The summed E-state index contributed by atoms with van der Waals surface area (Å²) in [5.74, 6) is 0.671. The van der Waals surface area contributed by atoms with Crippen molar-refractivity contribution in [2.75, 3.05) is 32.9 Å². The molecule has 5 rings (SSSR count). The van der Waals surface area contributed by atoms with Crippen LogP contribution in [0.2, 0.25) is 0 Å². The Hall–Kier alpha value is -2.62. The van der Waals surface area contributed by atoms with Gasteiger partial charge in [0.05, 0.1) is 31.4 Å². The highest BCUT2D eigenvalue weighted by Crippen LogP contribution is 2.28. The van der Waals surface area contributed by atoms with E-state index in [0.717, 1.165) is 35.9 Å². The first-order valence-electron chi connectivity index (χ1n) is 10.5. The van der Waals surface area contributed by atoms with Gasteiger partial charge in [0.2, 0.25) is 0 Å². The van der Waals surface area contributed by atoms with Crippen LogP contribution < -0.4 is 5.56 Å². The van der Waals surface area contributed by atoms with Crippen LogP contribution in [0, 0.1) is 6.92 Å². The topological polar surface area (TPSA) is 98.2 Å². The van der Waals surface area contributed by atoms with Gasteiger partial charge < -0.3 is 14.5 Å². The Kier molecular flexibility index (Phi) is 5.32. The zero-order valence-corrected chi connectivity index (χ0v) is 17.1. The minimum atomic E-state index is -0.348. The van der Waals surface area contributed by atoms with E-state index in [0.29, 0.717) is 44.2 Å². The van der Waals surface area contributed by atoms with Crippen LogP contribution in [-0.2, 0) is 16.0 Å². The van der Waals surface area contributed by atoms with Crippen molar-refractivity contribution in [3.63, 3.8) is 0 Å². The number of nitrogens with zero attached hydrogens (tertiary/aromatic N) is 5. The third-order valence-corrected chi connectivity index (χ3v) is 6.03. The number of para-hydroxylation sites is 1. The zero-order chi connectivity index (χ0) is 20.5.